The molecule has 1 aromatic carbocycles. The van der Waals surface area contributed by atoms with Crippen LogP contribution in [0.4, 0.5) is 11.4 Å². The summed E-state index contributed by atoms with van der Waals surface area (Å²) in [6.45, 7) is 2.69. The molecule has 0 saturated heterocycles. The van der Waals surface area contributed by atoms with E-state index < -0.39 is 4.92 Å². The van der Waals surface area contributed by atoms with Crippen molar-refractivity contribution in [3.8, 4) is 0 Å². The second-order valence-corrected chi connectivity index (χ2v) is 3.47. The normalized spacial score (nSPS) is 12.1. The van der Waals surface area contributed by atoms with Gasteiger partial charge in [0.15, 0.2) is 0 Å². The van der Waals surface area contributed by atoms with E-state index in [1.807, 2.05) is 6.92 Å². The van der Waals surface area contributed by atoms with E-state index in [4.69, 9.17) is 5.11 Å². The van der Waals surface area contributed by atoms with Crippen LogP contribution < -0.4 is 5.32 Å². The van der Waals surface area contributed by atoms with Crippen molar-refractivity contribution in [2.75, 3.05) is 18.5 Å². The number of hydrogen-bond donors (Lipinski definition) is 2. The van der Waals surface area contributed by atoms with Gasteiger partial charge >= 0.3 is 0 Å². The molecule has 1 atom stereocenters. The molecular formula is C10H14N2O3. The highest BCUT2D eigenvalue weighted by Crippen LogP contribution is 2.15. The van der Waals surface area contributed by atoms with Gasteiger partial charge in [-0.1, -0.05) is 6.92 Å². The molecule has 0 spiro atoms. The SMILES string of the molecule is CC(CO)CNc1ccc([N+](=O)[O-])cc1. The summed E-state index contributed by atoms with van der Waals surface area (Å²) >= 11 is 0. The molecule has 0 heterocycles. The van der Waals surface area contributed by atoms with Crippen LogP contribution in [0.1, 0.15) is 6.92 Å². The van der Waals surface area contributed by atoms with Crippen LogP contribution >= 0.6 is 0 Å². The van der Waals surface area contributed by atoms with Crippen LogP contribution in [0, 0.1) is 16.0 Å². The molecule has 1 aromatic rings. The zero-order valence-electron chi connectivity index (χ0n) is 8.51. The van der Waals surface area contributed by atoms with E-state index in [0.717, 1.165) is 5.69 Å². The molecule has 5 heteroatoms. The number of aliphatic hydroxyl groups excluding tert-OH is 1. The number of rotatable bonds is 5. The van der Waals surface area contributed by atoms with Crippen molar-refractivity contribution < 1.29 is 10.0 Å². The van der Waals surface area contributed by atoms with Gasteiger partial charge in [0.2, 0.25) is 0 Å². The molecule has 1 unspecified atom stereocenters. The van der Waals surface area contributed by atoms with E-state index in [9.17, 15) is 10.1 Å². The highest BCUT2D eigenvalue weighted by molar-refractivity contribution is 5.48. The molecule has 1 rings (SSSR count). The molecular weight excluding hydrogens is 196 g/mol. The Morgan fingerprint density at radius 3 is 2.53 bits per heavy atom. The average Bonchev–Trinajstić information content (AvgIpc) is 2.26. The van der Waals surface area contributed by atoms with Crippen molar-refractivity contribution in [2.45, 2.75) is 6.92 Å². The van der Waals surface area contributed by atoms with E-state index in [1.165, 1.54) is 12.1 Å². The first-order valence-electron chi connectivity index (χ1n) is 4.72. The fraction of sp³-hybridized carbons (Fsp3) is 0.400. The molecule has 0 fully saturated rings. The molecule has 0 aliphatic carbocycles. The summed E-state index contributed by atoms with van der Waals surface area (Å²) in [4.78, 5) is 9.95. The van der Waals surface area contributed by atoms with Crippen molar-refractivity contribution >= 4 is 11.4 Å². The predicted octanol–water partition coefficient (Wildman–Crippen LogP) is 1.64. The number of nitro benzene ring substituents is 1. The van der Waals surface area contributed by atoms with Crippen LogP contribution in [0.15, 0.2) is 24.3 Å². The highest BCUT2D eigenvalue weighted by Gasteiger charge is 2.04. The Kier molecular flexibility index (Phi) is 4.05. The van der Waals surface area contributed by atoms with Crippen molar-refractivity contribution in [1.29, 1.82) is 0 Å². The third kappa shape index (κ3) is 3.55. The highest BCUT2D eigenvalue weighted by atomic mass is 16.6. The maximum absolute atomic E-state index is 10.4. The Labute approximate surface area is 87.9 Å². The summed E-state index contributed by atoms with van der Waals surface area (Å²) < 4.78 is 0. The molecule has 82 valence electrons. The van der Waals surface area contributed by atoms with Crippen LogP contribution in [0.5, 0.6) is 0 Å². The van der Waals surface area contributed by atoms with E-state index in [1.54, 1.807) is 12.1 Å². The van der Waals surface area contributed by atoms with E-state index in [0.29, 0.717) is 6.54 Å². The van der Waals surface area contributed by atoms with E-state index in [2.05, 4.69) is 5.32 Å². The van der Waals surface area contributed by atoms with Gasteiger partial charge in [0, 0.05) is 31.0 Å². The van der Waals surface area contributed by atoms with Gasteiger partial charge in [-0.05, 0) is 18.1 Å². The van der Waals surface area contributed by atoms with Gasteiger partial charge in [0.1, 0.15) is 0 Å². The lowest BCUT2D eigenvalue weighted by atomic mass is 10.2. The van der Waals surface area contributed by atoms with Crippen LogP contribution in [0.3, 0.4) is 0 Å². The van der Waals surface area contributed by atoms with Crippen LogP contribution in [-0.4, -0.2) is 23.2 Å². The smallest absolute Gasteiger partial charge is 0.269 e. The first-order chi connectivity index (χ1) is 7.13. The number of non-ortho nitro benzene ring substituents is 1. The third-order valence-electron chi connectivity index (χ3n) is 2.04. The average molecular weight is 210 g/mol. The number of benzene rings is 1. The minimum atomic E-state index is -0.430. The number of aliphatic hydroxyl groups is 1. The number of hydrogen-bond acceptors (Lipinski definition) is 4. The Balaban J connectivity index is 2.53. The zero-order chi connectivity index (χ0) is 11.3. The quantitative estimate of drug-likeness (QED) is 0.572. The first kappa shape index (κ1) is 11.5. The molecule has 0 bridgehead atoms. The summed E-state index contributed by atoms with van der Waals surface area (Å²) in [6.07, 6.45) is 0. The molecule has 15 heavy (non-hydrogen) atoms. The molecule has 5 nitrogen and oxygen atoms in total. The minimum Gasteiger partial charge on any atom is -0.396 e. The Morgan fingerprint density at radius 1 is 1.47 bits per heavy atom. The minimum absolute atomic E-state index is 0.0794. The molecule has 0 saturated carbocycles. The topological polar surface area (TPSA) is 75.4 Å². The van der Waals surface area contributed by atoms with Gasteiger partial charge in [-0.3, -0.25) is 10.1 Å². The van der Waals surface area contributed by atoms with Gasteiger partial charge in [-0.2, -0.15) is 0 Å². The molecule has 0 amide bonds. The zero-order valence-corrected chi connectivity index (χ0v) is 8.51. The lowest BCUT2D eigenvalue weighted by molar-refractivity contribution is -0.384. The van der Waals surface area contributed by atoms with E-state index in [-0.39, 0.29) is 18.2 Å². The predicted molar refractivity (Wildman–Crippen MR) is 57.8 cm³/mol. The van der Waals surface area contributed by atoms with Gasteiger partial charge in [0.25, 0.3) is 5.69 Å². The fourth-order valence-corrected chi connectivity index (χ4v) is 1.06. The van der Waals surface area contributed by atoms with Gasteiger partial charge in [-0.25, -0.2) is 0 Å². The molecule has 0 aliphatic rings. The van der Waals surface area contributed by atoms with Gasteiger partial charge in [-0.15, -0.1) is 0 Å². The first-order valence-corrected chi connectivity index (χ1v) is 4.72. The number of nitro groups is 1. The largest absolute Gasteiger partial charge is 0.396 e. The summed E-state index contributed by atoms with van der Waals surface area (Å²) in [6, 6.07) is 6.21. The van der Waals surface area contributed by atoms with Crippen molar-refractivity contribution in [2.24, 2.45) is 5.92 Å². The maximum Gasteiger partial charge on any atom is 0.269 e. The molecule has 0 aliphatic heterocycles. The van der Waals surface area contributed by atoms with Crippen molar-refractivity contribution in [3.63, 3.8) is 0 Å². The van der Waals surface area contributed by atoms with Crippen LogP contribution in [0.25, 0.3) is 0 Å². The fourth-order valence-electron chi connectivity index (χ4n) is 1.06. The summed E-state index contributed by atoms with van der Waals surface area (Å²) in [5.41, 5.74) is 0.900. The lowest BCUT2D eigenvalue weighted by Gasteiger charge is -2.10. The van der Waals surface area contributed by atoms with Gasteiger partial charge < -0.3 is 10.4 Å². The number of nitrogens with one attached hydrogen (secondary N) is 1. The summed E-state index contributed by atoms with van der Waals surface area (Å²) in [7, 11) is 0. The Hall–Kier alpha value is -1.62. The second kappa shape index (κ2) is 5.31. The van der Waals surface area contributed by atoms with Crippen LogP contribution in [-0.2, 0) is 0 Å². The van der Waals surface area contributed by atoms with E-state index >= 15 is 0 Å². The monoisotopic (exact) mass is 210 g/mol. The number of nitrogens with zero attached hydrogens (tertiary/aromatic N) is 1. The molecule has 0 aromatic heterocycles. The van der Waals surface area contributed by atoms with Crippen molar-refractivity contribution in [3.05, 3.63) is 34.4 Å². The third-order valence-corrected chi connectivity index (χ3v) is 2.04. The summed E-state index contributed by atoms with van der Waals surface area (Å²) in [5.74, 6) is 0.167. The van der Waals surface area contributed by atoms with Gasteiger partial charge in [0.05, 0.1) is 4.92 Å². The molecule has 0 radical (unpaired) electrons. The maximum atomic E-state index is 10.4. The second-order valence-electron chi connectivity index (χ2n) is 3.47. The Morgan fingerprint density at radius 2 is 2.07 bits per heavy atom. The number of anilines is 1. The summed E-state index contributed by atoms with van der Waals surface area (Å²) in [5, 5.41) is 22.3. The lowest BCUT2D eigenvalue weighted by Crippen LogP contribution is -2.14. The van der Waals surface area contributed by atoms with Crippen LogP contribution in [0.2, 0.25) is 0 Å². The standard InChI is InChI=1S/C10H14N2O3/c1-8(7-13)6-11-9-2-4-10(5-3-9)12(14)15/h2-5,8,11,13H,6-7H2,1H3. The molecule has 2 N–H and O–H groups in total. The van der Waals surface area contributed by atoms with Crippen molar-refractivity contribution in [1.82, 2.24) is 0 Å². The Bertz CT molecular complexity index is 324.